The zero-order valence-electron chi connectivity index (χ0n) is 10.6. The minimum Gasteiger partial charge on any atom is -0.382 e. The zero-order valence-corrected chi connectivity index (χ0v) is 12.2. The molecule has 0 aliphatic heterocycles. The van der Waals surface area contributed by atoms with Crippen LogP contribution in [0.25, 0.3) is 15.3 Å². The molecule has 3 rings (SSSR count). The molecule has 0 saturated carbocycles. The van der Waals surface area contributed by atoms with Crippen molar-refractivity contribution >= 4 is 39.0 Å². The lowest BCUT2D eigenvalue weighted by Gasteiger charge is -1.98. The Morgan fingerprint density at radius 1 is 1.32 bits per heavy atom. The number of thiazole rings is 1. The van der Waals surface area contributed by atoms with Crippen molar-refractivity contribution < 1.29 is 0 Å². The van der Waals surface area contributed by atoms with Crippen LogP contribution < -0.4 is 5.73 Å². The normalized spacial score (nSPS) is 11.6. The highest BCUT2D eigenvalue weighted by atomic mass is 35.5. The van der Waals surface area contributed by atoms with Gasteiger partial charge in [-0.15, -0.1) is 0 Å². The summed E-state index contributed by atoms with van der Waals surface area (Å²) in [5, 5.41) is 5.75. The van der Waals surface area contributed by atoms with Crippen LogP contribution in [0, 0.1) is 0 Å². The van der Waals surface area contributed by atoms with Crippen LogP contribution in [0.2, 0.25) is 5.02 Å². The fourth-order valence-electron chi connectivity index (χ4n) is 1.90. The molecule has 3 aromatic rings. The van der Waals surface area contributed by atoms with Gasteiger partial charge in [-0.05, 0) is 18.1 Å². The molecule has 0 bridgehead atoms. The van der Waals surface area contributed by atoms with Gasteiger partial charge in [0.1, 0.15) is 10.8 Å². The lowest BCUT2D eigenvalue weighted by atomic mass is 10.1. The Morgan fingerprint density at radius 3 is 2.68 bits per heavy atom. The largest absolute Gasteiger partial charge is 0.382 e. The van der Waals surface area contributed by atoms with Crippen LogP contribution in [0.3, 0.4) is 0 Å². The van der Waals surface area contributed by atoms with E-state index >= 15 is 0 Å². The van der Waals surface area contributed by atoms with Gasteiger partial charge in [-0.1, -0.05) is 48.9 Å². The second-order valence-corrected chi connectivity index (χ2v) is 6.00. The number of hydrogen-bond donors (Lipinski definition) is 1. The lowest BCUT2D eigenvalue weighted by Crippen LogP contribution is -2.01. The molecule has 1 aromatic carbocycles. The van der Waals surface area contributed by atoms with Gasteiger partial charge >= 0.3 is 0 Å². The van der Waals surface area contributed by atoms with Gasteiger partial charge in [-0.3, -0.25) is 0 Å². The molecule has 98 valence electrons. The molecular formula is C13H13ClN4S. The molecule has 4 nitrogen and oxygen atoms in total. The average Bonchev–Trinajstić information content (AvgIpc) is 2.92. The molecule has 2 N–H and O–H groups in total. The van der Waals surface area contributed by atoms with E-state index in [1.54, 1.807) is 16.0 Å². The predicted molar refractivity (Wildman–Crippen MR) is 80.3 cm³/mol. The molecule has 0 aliphatic carbocycles. The molecule has 6 heteroatoms. The minimum absolute atomic E-state index is 0.227. The quantitative estimate of drug-likeness (QED) is 0.781. The van der Waals surface area contributed by atoms with Crippen molar-refractivity contribution in [1.82, 2.24) is 14.8 Å². The smallest absolute Gasteiger partial charge is 0.213 e. The van der Waals surface area contributed by atoms with E-state index in [0.29, 0.717) is 10.8 Å². The number of aromatic nitrogens is 3. The first kappa shape index (κ1) is 12.4. The van der Waals surface area contributed by atoms with E-state index in [9.17, 15) is 0 Å². The highest BCUT2D eigenvalue weighted by Crippen LogP contribution is 2.33. The first-order valence-corrected chi connectivity index (χ1v) is 7.17. The number of nitrogens with two attached hydrogens (primary N) is 1. The lowest BCUT2D eigenvalue weighted by molar-refractivity contribution is 0.769. The molecular weight excluding hydrogens is 280 g/mol. The first-order valence-electron chi connectivity index (χ1n) is 5.97. The second kappa shape index (κ2) is 4.51. The Kier molecular flexibility index (Phi) is 2.95. The third-order valence-corrected chi connectivity index (χ3v) is 4.30. The second-order valence-electron chi connectivity index (χ2n) is 4.62. The Morgan fingerprint density at radius 2 is 2.05 bits per heavy atom. The summed E-state index contributed by atoms with van der Waals surface area (Å²) in [5.74, 6) is 0.676. The Labute approximate surface area is 119 Å². The molecule has 2 aromatic heterocycles. The Bertz CT molecular complexity index is 711. The summed E-state index contributed by atoms with van der Waals surface area (Å²) in [4.78, 5) is 4.54. The van der Waals surface area contributed by atoms with Gasteiger partial charge in [0.2, 0.25) is 5.13 Å². The summed E-state index contributed by atoms with van der Waals surface area (Å²) >= 11 is 7.78. The van der Waals surface area contributed by atoms with Crippen LogP contribution in [0.1, 0.15) is 25.5 Å². The number of hydrogen-bond acceptors (Lipinski definition) is 4. The Balaban J connectivity index is 2.18. The van der Waals surface area contributed by atoms with Gasteiger partial charge in [-0.2, -0.15) is 9.78 Å². The van der Waals surface area contributed by atoms with Crippen LogP contribution in [0.5, 0.6) is 0 Å². The van der Waals surface area contributed by atoms with Crippen LogP contribution in [0.15, 0.2) is 24.3 Å². The number of benzene rings is 1. The summed E-state index contributed by atoms with van der Waals surface area (Å²) in [6, 6.07) is 7.95. The molecule has 0 atom stereocenters. The van der Waals surface area contributed by atoms with Crippen molar-refractivity contribution in [2.75, 3.05) is 5.73 Å². The number of para-hydroxylation sites is 1. The third kappa shape index (κ3) is 1.99. The van der Waals surface area contributed by atoms with Crippen LogP contribution >= 0.6 is 22.9 Å². The fraction of sp³-hybridized carbons (Fsp3) is 0.231. The van der Waals surface area contributed by atoms with Crippen molar-refractivity contribution in [2.24, 2.45) is 0 Å². The molecule has 0 amide bonds. The van der Waals surface area contributed by atoms with Crippen molar-refractivity contribution in [3.8, 4) is 5.13 Å². The number of rotatable bonds is 2. The van der Waals surface area contributed by atoms with Crippen LogP contribution in [0.4, 0.5) is 5.82 Å². The molecule has 2 heterocycles. The van der Waals surface area contributed by atoms with E-state index in [1.807, 2.05) is 38.1 Å². The van der Waals surface area contributed by atoms with Crippen molar-refractivity contribution in [3.63, 3.8) is 0 Å². The summed E-state index contributed by atoms with van der Waals surface area (Å²) < 4.78 is 2.73. The Hall–Kier alpha value is -1.59. The van der Waals surface area contributed by atoms with Crippen molar-refractivity contribution in [3.05, 3.63) is 35.0 Å². The fourth-order valence-corrected chi connectivity index (χ4v) is 3.16. The van der Waals surface area contributed by atoms with Crippen molar-refractivity contribution in [2.45, 2.75) is 19.8 Å². The minimum atomic E-state index is 0.227. The summed E-state index contributed by atoms with van der Waals surface area (Å²) in [7, 11) is 0. The number of anilines is 1. The zero-order chi connectivity index (χ0) is 13.6. The molecule has 0 radical (unpaired) electrons. The third-order valence-electron chi connectivity index (χ3n) is 2.90. The summed E-state index contributed by atoms with van der Waals surface area (Å²) in [6.45, 7) is 4.08. The van der Waals surface area contributed by atoms with E-state index in [2.05, 4.69) is 10.1 Å². The van der Waals surface area contributed by atoms with E-state index in [-0.39, 0.29) is 5.92 Å². The maximum atomic E-state index is 6.23. The molecule has 19 heavy (non-hydrogen) atoms. The number of halogens is 1. The van der Waals surface area contributed by atoms with Gasteiger partial charge in [-0.25, -0.2) is 4.98 Å². The number of fused-ring (bicyclic) bond motifs is 1. The topological polar surface area (TPSA) is 56.7 Å². The van der Waals surface area contributed by atoms with Crippen LogP contribution in [-0.2, 0) is 0 Å². The van der Waals surface area contributed by atoms with Gasteiger partial charge in [0, 0.05) is 0 Å². The maximum Gasteiger partial charge on any atom is 0.213 e. The highest BCUT2D eigenvalue weighted by Gasteiger charge is 2.19. The summed E-state index contributed by atoms with van der Waals surface area (Å²) in [5.41, 5.74) is 7.78. The average molecular weight is 293 g/mol. The van der Waals surface area contributed by atoms with Gasteiger partial charge < -0.3 is 5.73 Å². The van der Waals surface area contributed by atoms with E-state index in [0.717, 1.165) is 21.0 Å². The van der Waals surface area contributed by atoms with E-state index in [1.165, 1.54) is 0 Å². The van der Waals surface area contributed by atoms with E-state index in [4.69, 9.17) is 17.3 Å². The molecule has 0 fully saturated rings. The molecule has 0 spiro atoms. The number of nitrogen functional groups attached to an aromatic ring is 1. The van der Waals surface area contributed by atoms with Gasteiger partial charge in [0.05, 0.1) is 15.9 Å². The highest BCUT2D eigenvalue weighted by molar-refractivity contribution is 7.20. The van der Waals surface area contributed by atoms with Gasteiger partial charge in [0.15, 0.2) is 0 Å². The monoisotopic (exact) mass is 292 g/mol. The standard InChI is InChI=1S/C13H13ClN4S/c1-7(2)11-10(14)12(15)18(17-11)13-16-8-5-3-4-6-9(8)19-13/h3-7H,15H2,1-2H3. The van der Waals surface area contributed by atoms with Crippen LogP contribution in [-0.4, -0.2) is 14.8 Å². The summed E-state index contributed by atoms with van der Waals surface area (Å²) in [6.07, 6.45) is 0. The molecule has 0 unspecified atom stereocenters. The molecule has 0 saturated heterocycles. The van der Waals surface area contributed by atoms with E-state index < -0.39 is 0 Å². The molecule has 0 aliphatic rings. The van der Waals surface area contributed by atoms with Gasteiger partial charge in [0.25, 0.3) is 0 Å². The maximum absolute atomic E-state index is 6.23. The number of nitrogens with zero attached hydrogens (tertiary/aromatic N) is 3. The van der Waals surface area contributed by atoms with Crippen molar-refractivity contribution in [1.29, 1.82) is 0 Å². The SMILES string of the molecule is CC(C)c1nn(-c2nc3ccccc3s2)c(N)c1Cl. The predicted octanol–water partition coefficient (Wildman–Crippen LogP) is 3.84. The first-order chi connectivity index (χ1) is 9.08.